The Bertz CT molecular complexity index is 1380. The van der Waals surface area contributed by atoms with Gasteiger partial charge in [-0.05, 0) is 44.5 Å². The summed E-state index contributed by atoms with van der Waals surface area (Å²) in [6.07, 6.45) is 2.83. The van der Waals surface area contributed by atoms with Gasteiger partial charge in [-0.15, -0.1) is 0 Å². The summed E-state index contributed by atoms with van der Waals surface area (Å²) in [5.41, 5.74) is 4.23. The standard InChI is InChI=1S/C26H30N6O3/c1-15-10-19-12-27-25(32-22(19)24(29-15)28-13-26(4)8-9-34-14-26)31-20-7-6-18(11-21(20)33-5)23-16(2)30-17(3)35-23/h6-7,10-12H,8-9,13-14H2,1-5H3,(H,28,29)(H,27,31,32). The molecule has 0 spiro atoms. The Morgan fingerprint density at radius 3 is 2.69 bits per heavy atom. The van der Waals surface area contributed by atoms with E-state index in [1.807, 2.05) is 51.2 Å². The summed E-state index contributed by atoms with van der Waals surface area (Å²) in [6.45, 7) is 10.3. The SMILES string of the molecule is COc1cc(-c2oc(C)nc2C)ccc1Nc1ncc2cc(C)nc(NCC3(C)CCOC3)c2n1. The molecule has 9 nitrogen and oxygen atoms in total. The molecule has 35 heavy (non-hydrogen) atoms. The van der Waals surface area contributed by atoms with E-state index in [1.54, 1.807) is 7.11 Å². The Morgan fingerprint density at radius 1 is 1.11 bits per heavy atom. The van der Waals surface area contributed by atoms with Crippen molar-refractivity contribution in [3.05, 3.63) is 47.7 Å². The lowest BCUT2D eigenvalue weighted by Crippen LogP contribution is -2.27. The molecule has 1 saturated heterocycles. The lowest BCUT2D eigenvalue weighted by Gasteiger charge is -2.22. The number of nitrogens with one attached hydrogen (secondary N) is 2. The number of methoxy groups -OCH3 is 1. The molecular weight excluding hydrogens is 444 g/mol. The molecule has 0 aliphatic carbocycles. The van der Waals surface area contributed by atoms with Crippen LogP contribution >= 0.6 is 0 Å². The van der Waals surface area contributed by atoms with Gasteiger partial charge in [-0.1, -0.05) is 6.92 Å². The predicted molar refractivity (Wildman–Crippen MR) is 135 cm³/mol. The van der Waals surface area contributed by atoms with Gasteiger partial charge in [0.25, 0.3) is 0 Å². The molecule has 1 aromatic carbocycles. The maximum atomic E-state index is 5.76. The number of pyridine rings is 1. The normalized spacial score (nSPS) is 17.6. The second kappa shape index (κ2) is 9.14. The zero-order chi connectivity index (χ0) is 24.6. The van der Waals surface area contributed by atoms with E-state index >= 15 is 0 Å². The highest BCUT2D eigenvalue weighted by atomic mass is 16.5. The molecule has 1 atom stereocenters. The molecule has 0 saturated carbocycles. The van der Waals surface area contributed by atoms with Crippen molar-refractivity contribution in [2.75, 3.05) is 37.5 Å². The summed E-state index contributed by atoms with van der Waals surface area (Å²) in [4.78, 5) is 18.4. The molecule has 1 unspecified atom stereocenters. The molecule has 9 heteroatoms. The molecule has 0 amide bonds. The average Bonchev–Trinajstić information content (AvgIpc) is 3.42. The van der Waals surface area contributed by atoms with Crippen LogP contribution in [0.2, 0.25) is 0 Å². The minimum absolute atomic E-state index is 0.0847. The molecule has 5 rings (SSSR count). The summed E-state index contributed by atoms with van der Waals surface area (Å²) in [6, 6.07) is 7.79. The summed E-state index contributed by atoms with van der Waals surface area (Å²) in [5, 5.41) is 7.73. The van der Waals surface area contributed by atoms with Crippen LogP contribution in [-0.2, 0) is 4.74 Å². The number of nitrogens with zero attached hydrogens (tertiary/aromatic N) is 4. The molecule has 2 N–H and O–H groups in total. The van der Waals surface area contributed by atoms with Gasteiger partial charge in [-0.3, -0.25) is 0 Å². The second-order valence-corrected chi connectivity index (χ2v) is 9.40. The zero-order valence-electron chi connectivity index (χ0n) is 20.7. The zero-order valence-corrected chi connectivity index (χ0v) is 20.7. The highest BCUT2D eigenvalue weighted by Gasteiger charge is 2.29. The first-order valence-electron chi connectivity index (χ1n) is 11.7. The van der Waals surface area contributed by atoms with Crippen molar-refractivity contribution >= 4 is 28.4 Å². The summed E-state index contributed by atoms with van der Waals surface area (Å²) in [5.74, 6) is 3.21. The van der Waals surface area contributed by atoms with Gasteiger partial charge in [-0.25, -0.2) is 19.9 Å². The molecule has 1 aliphatic heterocycles. The Hall–Kier alpha value is -3.72. The van der Waals surface area contributed by atoms with E-state index < -0.39 is 0 Å². The monoisotopic (exact) mass is 474 g/mol. The predicted octanol–water partition coefficient (Wildman–Crippen LogP) is 5.20. The van der Waals surface area contributed by atoms with Crippen molar-refractivity contribution in [1.82, 2.24) is 19.9 Å². The van der Waals surface area contributed by atoms with Gasteiger partial charge in [-0.2, -0.15) is 0 Å². The Kier molecular flexibility index (Phi) is 6.02. The van der Waals surface area contributed by atoms with Crippen LogP contribution in [0.3, 0.4) is 0 Å². The third-order valence-electron chi connectivity index (χ3n) is 6.29. The van der Waals surface area contributed by atoms with Gasteiger partial charge in [0.1, 0.15) is 11.3 Å². The number of oxazole rings is 1. The van der Waals surface area contributed by atoms with Crippen molar-refractivity contribution in [2.45, 2.75) is 34.1 Å². The van der Waals surface area contributed by atoms with Crippen molar-refractivity contribution in [3.8, 4) is 17.1 Å². The van der Waals surface area contributed by atoms with Crippen LogP contribution in [-0.4, -0.2) is 46.8 Å². The number of benzene rings is 1. The number of anilines is 3. The average molecular weight is 475 g/mol. The summed E-state index contributed by atoms with van der Waals surface area (Å²) >= 11 is 0. The number of fused-ring (bicyclic) bond motifs is 1. The van der Waals surface area contributed by atoms with Gasteiger partial charge >= 0.3 is 0 Å². The number of hydrogen-bond acceptors (Lipinski definition) is 9. The smallest absolute Gasteiger partial charge is 0.227 e. The van der Waals surface area contributed by atoms with Crippen molar-refractivity contribution < 1.29 is 13.9 Å². The third-order valence-corrected chi connectivity index (χ3v) is 6.29. The van der Waals surface area contributed by atoms with Crippen molar-refractivity contribution in [1.29, 1.82) is 0 Å². The number of rotatable bonds is 7. The summed E-state index contributed by atoms with van der Waals surface area (Å²) < 4.78 is 17.0. The molecule has 4 heterocycles. The Balaban J connectivity index is 1.44. The van der Waals surface area contributed by atoms with E-state index in [4.69, 9.17) is 23.9 Å². The van der Waals surface area contributed by atoms with E-state index in [9.17, 15) is 0 Å². The summed E-state index contributed by atoms with van der Waals surface area (Å²) in [7, 11) is 1.63. The minimum Gasteiger partial charge on any atom is -0.495 e. The van der Waals surface area contributed by atoms with E-state index in [0.717, 1.165) is 71.3 Å². The fourth-order valence-electron chi connectivity index (χ4n) is 4.36. The van der Waals surface area contributed by atoms with Crippen LogP contribution in [0.25, 0.3) is 22.2 Å². The van der Waals surface area contributed by atoms with Gasteiger partial charge in [0.15, 0.2) is 17.5 Å². The van der Waals surface area contributed by atoms with E-state index in [-0.39, 0.29) is 5.41 Å². The molecule has 4 aromatic rings. The van der Waals surface area contributed by atoms with Gasteiger partial charge in [0, 0.05) is 48.3 Å². The number of hydrogen-bond donors (Lipinski definition) is 2. The Morgan fingerprint density at radius 2 is 1.97 bits per heavy atom. The number of aryl methyl sites for hydroxylation is 3. The maximum Gasteiger partial charge on any atom is 0.227 e. The van der Waals surface area contributed by atoms with Crippen LogP contribution in [0.4, 0.5) is 17.5 Å². The molecule has 182 valence electrons. The van der Waals surface area contributed by atoms with Crippen LogP contribution < -0.4 is 15.4 Å². The minimum atomic E-state index is 0.0847. The van der Waals surface area contributed by atoms with Gasteiger partial charge in [0.2, 0.25) is 5.95 Å². The highest BCUT2D eigenvalue weighted by molar-refractivity contribution is 5.89. The highest BCUT2D eigenvalue weighted by Crippen LogP contribution is 2.34. The Labute approximate surface area is 204 Å². The quantitative estimate of drug-likeness (QED) is 0.374. The molecule has 1 aliphatic rings. The molecule has 0 radical (unpaired) electrons. The van der Waals surface area contributed by atoms with E-state index in [0.29, 0.717) is 17.6 Å². The van der Waals surface area contributed by atoms with Crippen LogP contribution in [0.1, 0.15) is 30.6 Å². The molecule has 3 aromatic heterocycles. The second-order valence-electron chi connectivity index (χ2n) is 9.40. The van der Waals surface area contributed by atoms with Gasteiger partial charge < -0.3 is 24.5 Å². The third kappa shape index (κ3) is 4.77. The van der Waals surface area contributed by atoms with Gasteiger partial charge in [0.05, 0.1) is 25.1 Å². The first-order valence-corrected chi connectivity index (χ1v) is 11.7. The number of ether oxygens (including phenoxy) is 2. The lowest BCUT2D eigenvalue weighted by molar-refractivity contribution is 0.164. The largest absolute Gasteiger partial charge is 0.495 e. The first-order chi connectivity index (χ1) is 16.8. The van der Waals surface area contributed by atoms with Crippen molar-refractivity contribution in [3.63, 3.8) is 0 Å². The maximum absolute atomic E-state index is 5.76. The number of aromatic nitrogens is 4. The van der Waals surface area contributed by atoms with Crippen LogP contribution in [0.5, 0.6) is 5.75 Å². The van der Waals surface area contributed by atoms with Crippen molar-refractivity contribution in [2.24, 2.45) is 5.41 Å². The molecule has 0 bridgehead atoms. The van der Waals surface area contributed by atoms with E-state index in [1.165, 1.54) is 0 Å². The van der Waals surface area contributed by atoms with Crippen LogP contribution in [0, 0.1) is 26.2 Å². The molecule has 1 fully saturated rings. The fraction of sp³-hybridized carbons (Fsp3) is 0.385. The topological polar surface area (TPSA) is 107 Å². The molecular formula is C26H30N6O3. The van der Waals surface area contributed by atoms with E-state index in [2.05, 4.69) is 27.5 Å². The lowest BCUT2D eigenvalue weighted by atomic mass is 9.90. The first kappa shape index (κ1) is 23.0. The fourth-order valence-corrected chi connectivity index (χ4v) is 4.36. The van der Waals surface area contributed by atoms with Crippen LogP contribution in [0.15, 0.2) is 34.9 Å².